The summed E-state index contributed by atoms with van der Waals surface area (Å²) in [5.41, 5.74) is 1.32. The minimum absolute atomic E-state index is 0.0852. The van der Waals surface area contributed by atoms with Crippen molar-refractivity contribution in [1.29, 1.82) is 0 Å². The summed E-state index contributed by atoms with van der Waals surface area (Å²) in [6, 6.07) is 10.7. The number of hydrogen-bond donors (Lipinski definition) is 1. The highest BCUT2D eigenvalue weighted by Crippen LogP contribution is 2.13. The molecule has 0 spiro atoms. The minimum Gasteiger partial charge on any atom is -0.352 e. The van der Waals surface area contributed by atoms with Crippen LogP contribution in [-0.2, 0) is 17.9 Å². The van der Waals surface area contributed by atoms with Crippen molar-refractivity contribution in [2.45, 2.75) is 32.0 Å². The van der Waals surface area contributed by atoms with Gasteiger partial charge in [-0.1, -0.05) is 30.3 Å². The number of benzene rings is 1. The minimum atomic E-state index is 0.0852. The molecule has 1 amide bonds. The monoisotopic (exact) mass is 299 g/mol. The van der Waals surface area contributed by atoms with Crippen LogP contribution in [0.25, 0.3) is 0 Å². The Kier molecular flexibility index (Phi) is 4.80. The van der Waals surface area contributed by atoms with Crippen LogP contribution in [0.2, 0.25) is 0 Å². The molecule has 1 saturated heterocycles. The lowest BCUT2D eigenvalue weighted by Crippen LogP contribution is -2.37. The first-order chi connectivity index (χ1) is 10.8. The maximum Gasteiger partial charge on any atom is 0.222 e. The molecule has 1 N–H and O–H groups in total. The number of aromatic nitrogens is 3. The number of hydrogen-bond acceptors (Lipinski definition) is 4. The van der Waals surface area contributed by atoms with E-state index in [9.17, 15) is 4.79 Å². The predicted octanol–water partition coefficient (Wildman–Crippen LogP) is 1.06. The molecule has 1 aromatic heterocycles. The fraction of sp³-hybridized carbons (Fsp3) is 0.438. The Labute approximate surface area is 130 Å². The summed E-state index contributed by atoms with van der Waals surface area (Å²) in [5.74, 6) is 0.0852. The van der Waals surface area contributed by atoms with Crippen molar-refractivity contribution >= 4 is 5.91 Å². The highest BCUT2D eigenvalue weighted by molar-refractivity contribution is 5.76. The normalized spacial score (nSPS) is 18.5. The molecular weight excluding hydrogens is 278 g/mol. The molecule has 1 aliphatic rings. The van der Waals surface area contributed by atoms with Crippen LogP contribution in [0.3, 0.4) is 0 Å². The van der Waals surface area contributed by atoms with Gasteiger partial charge >= 0.3 is 0 Å². The Morgan fingerprint density at radius 1 is 1.32 bits per heavy atom. The van der Waals surface area contributed by atoms with E-state index < -0.39 is 0 Å². The van der Waals surface area contributed by atoms with Crippen molar-refractivity contribution in [2.24, 2.45) is 0 Å². The Bertz CT molecular complexity index is 584. The number of rotatable bonds is 6. The van der Waals surface area contributed by atoms with Gasteiger partial charge in [-0.2, -0.15) is 5.10 Å². The molecule has 1 unspecified atom stereocenters. The second-order valence-corrected chi connectivity index (χ2v) is 5.68. The molecule has 3 rings (SSSR count). The molecule has 0 saturated carbocycles. The van der Waals surface area contributed by atoms with Crippen LogP contribution >= 0.6 is 0 Å². The standard InChI is InChI=1S/C16H21N5O/c22-16(7-9-21-13-17-12-18-21)19-15-6-8-20(11-15)10-14-4-2-1-3-5-14/h1-5,12-13,15H,6-11H2,(H,19,22). The largest absolute Gasteiger partial charge is 0.352 e. The quantitative estimate of drug-likeness (QED) is 0.866. The van der Waals surface area contributed by atoms with Gasteiger partial charge in [0, 0.05) is 32.1 Å². The third kappa shape index (κ3) is 4.14. The van der Waals surface area contributed by atoms with E-state index in [1.807, 2.05) is 6.07 Å². The molecular formula is C16H21N5O. The zero-order valence-corrected chi connectivity index (χ0v) is 12.6. The Hall–Kier alpha value is -2.21. The molecule has 0 aliphatic carbocycles. The van der Waals surface area contributed by atoms with E-state index in [1.165, 1.54) is 11.9 Å². The molecule has 1 atom stereocenters. The Balaban J connectivity index is 1.40. The molecule has 0 radical (unpaired) electrons. The van der Waals surface area contributed by atoms with Gasteiger partial charge in [0.25, 0.3) is 0 Å². The molecule has 1 aromatic carbocycles. The van der Waals surface area contributed by atoms with Crippen molar-refractivity contribution < 1.29 is 4.79 Å². The van der Waals surface area contributed by atoms with Crippen LogP contribution in [-0.4, -0.2) is 44.7 Å². The van der Waals surface area contributed by atoms with Crippen molar-refractivity contribution in [2.75, 3.05) is 13.1 Å². The molecule has 0 bridgehead atoms. The van der Waals surface area contributed by atoms with Crippen LogP contribution in [0, 0.1) is 0 Å². The smallest absolute Gasteiger partial charge is 0.222 e. The number of nitrogens with one attached hydrogen (secondary N) is 1. The second kappa shape index (κ2) is 7.17. The molecule has 1 fully saturated rings. The summed E-state index contributed by atoms with van der Waals surface area (Å²) < 4.78 is 1.68. The number of carbonyl (C=O) groups excluding carboxylic acids is 1. The number of likely N-dealkylation sites (tertiary alicyclic amines) is 1. The first-order valence-corrected chi connectivity index (χ1v) is 7.67. The van der Waals surface area contributed by atoms with E-state index in [2.05, 4.69) is 44.6 Å². The Morgan fingerprint density at radius 3 is 2.95 bits per heavy atom. The molecule has 2 heterocycles. The van der Waals surface area contributed by atoms with Gasteiger partial charge in [0.05, 0.1) is 6.54 Å². The zero-order valence-electron chi connectivity index (χ0n) is 12.6. The van der Waals surface area contributed by atoms with Crippen molar-refractivity contribution in [3.8, 4) is 0 Å². The summed E-state index contributed by atoms with van der Waals surface area (Å²) >= 11 is 0. The van der Waals surface area contributed by atoms with Gasteiger partial charge in [-0.25, -0.2) is 4.98 Å². The van der Waals surface area contributed by atoms with Crippen LogP contribution in [0.5, 0.6) is 0 Å². The van der Waals surface area contributed by atoms with Gasteiger partial charge in [-0.3, -0.25) is 14.4 Å². The maximum atomic E-state index is 12.0. The summed E-state index contributed by atoms with van der Waals surface area (Å²) in [7, 11) is 0. The first-order valence-electron chi connectivity index (χ1n) is 7.67. The topological polar surface area (TPSA) is 63.1 Å². The van der Waals surface area contributed by atoms with Crippen molar-refractivity contribution in [3.63, 3.8) is 0 Å². The Morgan fingerprint density at radius 2 is 2.18 bits per heavy atom. The van der Waals surface area contributed by atoms with Crippen LogP contribution in [0.1, 0.15) is 18.4 Å². The highest BCUT2D eigenvalue weighted by atomic mass is 16.1. The number of nitrogens with zero attached hydrogens (tertiary/aromatic N) is 4. The van der Waals surface area contributed by atoms with E-state index >= 15 is 0 Å². The molecule has 1 aliphatic heterocycles. The van der Waals surface area contributed by atoms with Crippen LogP contribution < -0.4 is 5.32 Å². The molecule has 2 aromatic rings. The lowest BCUT2D eigenvalue weighted by Gasteiger charge is -2.16. The maximum absolute atomic E-state index is 12.0. The van der Waals surface area contributed by atoms with Crippen LogP contribution in [0.15, 0.2) is 43.0 Å². The lowest BCUT2D eigenvalue weighted by molar-refractivity contribution is -0.122. The zero-order chi connectivity index (χ0) is 15.2. The van der Waals surface area contributed by atoms with Gasteiger partial charge < -0.3 is 5.32 Å². The van der Waals surface area contributed by atoms with Gasteiger partial charge in [-0.15, -0.1) is 0 Å². The fourth-order valence-corrected chi connectivity index (χ4v) is 2.80. The molecule has 22 heavy (non-hydrogen) atoms. The van der Waals surface area contributed by atoms with Gasteiger partial charge in [0.1, 0.15) is 12.7 Å². The first kappa shape index (κ1) is 14.7. The van der Waals surface area contributed by atoms with E-state index in [0.29, 0.717) is 13.0 Å². The molecule has 6 heteroatoms. The van der Waals surface area contributed by atoms with E-state index in [0.717, 1.165) is 26.1 Å². The SMILES string of the molecule is O=C(CCn1cncn1)NC1CCN(Cc2ccccc2)C1. The third-order valence-corrected chi connectivity index (χ3v) is 3.92. The van der Waals surface area contributed by atoms with E-state index in [1.54, 1.807) is 11.0 Å². The number of carbonyl (C=O) groups is 1. The summed E-state index contributed by atoms with van der Waals surface area (Å²) in [5, 5.41) is 7.11. The summed E-state index contributed by atoms with van der Waals surface area (Å²) in [4.78, 5) is 18.2. The number of amides is 1. The predicted molar refractivity (Wildman–Crippen MR) is 82.9 cm³/mol. The van der Waals surface area contributed by atoms with Crippen molar-refractivity contribution in [1.82, 2.24) is 25.0 Å². The third-order valence-electron chi connectivity index (χ3n) is 3.92. The molecule has 116 valence electrons. The van der Waals surface area contributed by atoms with Crippen molar-refractivity contribution in [3.05, 3.63) is 48.5 Å². The fourth-order valence-electron chi connectivity index (χ4n) is 2.80. The second-order valence-electron chi connectivity index (χ2n) is 5.68. The average molecular weight is 299 g/mol. The average Bonchev–Trinajstić information content (AvgIpc) is 3.18. The van der Waals surface area contributed by atoms with Gasteiger partial charge in [0.2, 0.25) is 5.91 Å². The van der Waals surface area contributed by atoms with Gasteiger partial charge in [-0.05, 0) is 12.0 Å². The lowest BCUT2D eigenvalue weighted by atomic mass is 10.2. The van der Waals surface area contributed by atoms with Gasteiger partial charge in [0.15, 0.2) is 0 Å². The van der Waals surface area contributed by atoms with E-state index in [4.69, 9.17) is 0 Å². The molecule has 6 nitrogen and oxygen atoms in total. The number of aryl methyl sites for hydroxylation is 1. The van der Waals surface area contributed by atoms with E-state index in [-0.39, 0.29) is 11.9 Å². The summed E-state index contributed by atoms with van der Waals surface area (Å²) in [6.07, 6.45) is 4.57. The summed E-state index contributed by atoms with van der Waals surface area (Å²) in [6.45, 7) is 3.48. The highest BCUT2D eigenvalue weighted by Gasteiger charge is 2.23. The van der Waals surface area contributed by atoms with Crippen LogP contribution in [0.4, 0.5) is 0 Å².